The fourth-order valence-corrected chi connectivity index (χ4v) is 2.39. The van der Waals surface area contributed by atoms with Gasteiger partial charge in [0.15, 0.2) is 0 Å². The average molecular weight is 290 g/mol. The van der Waals surface area contributed by atoms with Gasteiger partial charge in [-0.25, -0.2) is 4.98 Å². The lowest BCUT2D eigenvalue weighted by molar-refractivity contribution is 1.21. The Kier molecular flexibility index (Phi) is 3.83. The zero-order chi connectivity index (χ0) is 15.5. The topological polar surface area (TPSA) is 50.2 Å². The summed E-state index contributed by atoms with van der Waals surface area (Å²) < 4.78 is 0. The van der Waals surface area contributed by atoms with E-state index in [1.807, 2.05) is 31.2 Å². The molecule has 0 bridgehead atoms. The summed E-state index contributed by atoms with van der Waals surface area (Å²) in [6, 6.07) is 14.0. The Morgan fingerprint density at radius 3 is 2.68 bits per heavy atom. The van der Waals surface area contributed by atoms with Crippen LogP contribution in [0.15, 0.2) is 53.8 Å². The molecule has 0 spiro atoms. The molecule has 0 saturated carbocycles. The molecule has 0 aliphatic heterocycles. The highest BCUT2D eigenvalue weighted by molar-refractivity contribution is 5.97. The summed E-state index contributed by atoms with van der Waals surface area (Å²) in [6.07, 6.45) is 1.76. The molecule has 0 aliphatic rings. The largest absolute Gasteiger partial charge is 0.261 e. The van der Waals surface area contributed by atoms with Crippen molar-refractivity contribution in [2.75, 3.05) is 5.43 Å². The Morgan fingerprint density at radius 1 is 1.05 bits per heavy atom. The van der Waals surface area contributed by atoms with Crippen LogP contribution in [-0.2, 0) is 0 Å². The lowest BCUT2D eigenvalue weighted by atomic mass is 10.1. The Hall–Kier alpha value is -2.75. The zero-order valence-electron chi connectivity index (χ0n) is 13.0. The Morgan fingerprint density at radius 2 is 1.91 bits per heavy atom. The van der Waals surface area contributed by atoms with Crippen LogP contribution < -0.4 is 5.43 Å². The van der Waals surface area contributed by atoms with E-state index in [4.69, 9.17) is 0 Å². The van der Waals surface area contributed by atoms with Crippen LogP contribution in [-0.4, -0.2) is 15.7 Å². The molecular formula is C18H18N4. The van der Waals surface area contributed by atoms with Gasteiger partial charge >= 0.3 is 0 Å². The van der Waals surface area contributed by atoms with Crippen LogP contribution in [0.5, 0.6) is 0 Å². The Bertz CT molecular complexity index is 838. The van der Waals surface area contributed by atoms with Crippen molar-refractivity contribution in [2.24, 2.45) is 5.10 Å². The van der Waals surface area contributed by atoms with Crippen LogP contribution in [0.2, 0.25) is 0 Å². The van der Waals surface area contributed by atoms with Gasteiger partial charge in [-0.3, -0.25) is 10.4 Å². The van der Waals surface area contributed by atoms with E-state index in [2.05, 4.69) is 52.5 Å². The number of aryl methyl sites for hydroxylation is 2. The number of nitrogens with zero attached hydrogens (tertiary/aromatic N) is 3. The van der Waals surface area contributed by atoms with E-state index in [1.165, 1.54) is 10.9 Å². The number of nitrogens with one attached hydrogen (secondary N) is 1. The molecule has 110 valence electrons. The lowest BCUT2D eigenvalue weighted by Crippen LogP contribution is -2.03. The second kappa shape index (κ2) is 5.93. The molecular weight excluding hydrogens is 272 g/mol. The number of hydrazone groups is 1. The van der Waals surface area contributed by atoms with E-state index in [-0.39, 0.29) is 0 Å². The summed E-state index contributed by atoms with van der Waals surface area (Å²) in [7, 11) is 0. The van der Waals surface area contributed by atoms with Crippen LogP contribution in [0.1, 0.15) is 23.7 Å². The fourth-order valence-electron chi connectivity index (χ4n) is 2.39. The number of pyridine rings is 2. The predicted molar refractivity (Wildman–Crippen MR) is 91.3 cm³/mol. The summed E-state index contributed by atoms with van der Waals surface area (Å²) in [5, 5.41) is 5.56. The van der Waals surface area contributed by atoms with Gasteiger partial charge in [-0.15, -0.1) is 0 Å². The maximum absolute atomic E-state index is 4.66. The van der Waals surface area contributed by atoms with Crippen LogP contribution in [0.25, 0.3) is 10.9 Å². The molecule has 4 heteroatoms. The first kappa shape index (κ1) is 14.2. The summed E-state index contributed by atoms with van der Waals surface area (Å²) >= 11 is 0. The summed E-state index contributed by atoms with van der Waals surface area (Å²) in [6.45, 7) is 6.08. The number of hydrogen-bond donors (Lipinski definition) is 1. The lowest BCUT2D eigenvalue weighted by Gasteiger charge is -2.08. The number of rotatable bonds is 3. The van der Waals surface area contributed by atoms with Gasteiger partial charge in [0, 0.05) is 11.6 Å². The molecule has 0 unspecified atom stereocenters. The van der Waals surface area contributed by atoms with E-state index in [0.29, 0.717) is 0 Å². The predicted octanol–water partition coefficient (Wildman–Crippen LogP) is 4.08. The van der Waals surface area contributed by atoms with Crippen LogP contribution in [0.3, 0.4) is 0 Å². The maximum Gasteiger partial charge on any atom is 0.147 e. The molecule has 0 aliphatic carbocycles. The van der Waals surface area contributed by atoms with Crippen molar-refractivity contribution in [3.8, 4) is 0 Å². The highest BCUT2D eigenvalue weighted by Gasteiger charge is 2.05. The van der Waals surface area contributed by atoms with Gasteiger partial charge in [0.2, 0.25) is 0 Å². The number of anilines is 1. The summed E-state index contributed by atoms with van der Waals surface area (Å²) in [5.74, 6) is 0.745. The molecule has 0 saturated heterocycles. The van der Waals surface area contributed by atoms with Crippen molar-refractivity contribution in [2.45, 2.75) is 20.8 Å². The smallest absolute Gasteiger partial charge is 0.147 e. The summed E-state index contributed by atoms with van der Waals surface area (Å²) in [4.78, 5) is 8.94. The fraction of sp³-hybridized carbons (Fsp3) is 0.167. The molecule has 22 heavy (non-hydrogen) atoms. The standard InChI is InChI=1S/C18H18N4/c1-12-7-6-8-15-13(2)11-17(20-18(12)15)22-21-14(3)16-9-4-5-10-19-16/h4-11H,1-3H3,(H,20,22)/b21-14-. The molecule has 2 heterocycles. The second-order valence-corrected chi connectivity index (χ2v) is 5.32. The highest BCUT2D eigenvalue weighted by Crippen LogP contribution is 2.22. The van der Waals surface area contributed by atoms with Gasteiger partial charge in [0.25, 0.3) is 0 Å². The van der Waals surface area contributed by atoms with E-state index >= 15 is 0 Å². The van der Waals surface area contributed by atoms with Crippen LogP contribution in [0.4, 0.5) is 5.82 Å². The first-order valence-corrected chi connectivity index (χ1v) is 7.24. The number of aromatic nitrogens is 2. The van der Waals surface area contributed by atoms with Gasteiger partial charge in [0.1, 0.15) is 5.82 Å². The van der Waals surface area contributed by atoms with Crippen molar-refractivity contribution in [1.29, 1.82) is 0 Å². The van der Waals surface area contributed by atoms with Crippen molar-refractivity contribution in [3.63, 3.8) is 0 Å². The SMILES string of the molecule is C/C(=N/Nc1cc(C)c2cccc(C)c2n1)c1ccccn1. The second-order valence-electron chi connectivity index (χ2n) is 5.32. The molecule has 0 atom stereocenters. The molecule has 0 fully saturated rings. The van der Waals surface area contributed by atoms with Crippen molar-refractivity contribution in [1.82, 2.24) is 9.97 Å². The first-order valence-electron chi connectivity index (χ1n) is 7.24. The number of fused-ring (bicyclic) bond motifs is 1. The molecule has 1 aromatic carbocycles. The summed E-state index contributed by atoms with van der Waals surface area (Å²) in [5.41, 5.74) is 8.07. The molecule has 1 N–H and O–H groups in total. The normalized spacial score (nSPS) is 11.7. The highest BCUT2D eigenvalue weighted by atomic mass is 15.3. The maximum atomic E-state index is 4.66. The van der Waals surface area contributed by atoms with E-state index in [0.717, 1.165) is 28.3 Å². The first-order chi connectivity index (χ1) is 10.6. The Balaban J connectivity index is 1.93. The van der Waals surface area contributed by atoms with Gasteiger partial charge in [-0.1, -0.05) is 24.3 Å². The third-order valence-electron chi connectivity index (χ3n) is 3.62. The van der Waals surface area contributed by atoms with E-state index in [1.54, 1.807) is 6.20 Å². The minimum Gasteiger partial charge on any atom is -0.261 e. The third kappa shape index (κ3) is 2.81. The van der Waals surface area contributed by atoms with Crippen molar-refractivity contribution in [3.05, 3.63) is 65.5 Å². The molecule has 3 aromatic rings. The molecule has 4 nitrogen and oxygen atoms in total. The monoisotopic (exact) mass is 290 g/mol. The zero-order valence-corrected chi connectivity index (χ0v) is 13.0. The van der Waals surface area contributed by atoms with Gasteiger partial charge in [-0.05, 0) is 50.1 Å². The van der Waals surface area contributed by atoms with Crippen molar-refractivity contribution >= 4 is 22.4 Å². The van der Waals surface area contributed by atoms with Crippen LogP contribution >= 0.6 is 0 Å². The minimum absolute atomic E-state index is 0.745. The number of benzene rings is 1. The molecule has 0 amide bonds. The van der Waals surface area contributed by atoms with Crippen molar-refractivity contribution < 1.29 is 0 Å². The number of hydrogen-bond acceptors (Lipinski definition) is 4. The Labute approximate surface area is 129 Å². The average Bonchev–Trinajstić information content (AvgIpc) is 2.54. The molecule has 0 radical (unpaired) electrons. The number of para-hydroxylation sites is 1. The van der Waals surface area contributed by atoms with Gasteiger partial charge in [0.05, 0.1) is 16.9 Å². The van der Waals surface area contributed by atoms with Gasteiger partial charge < -0.3 is 0 Å². The van der Waals surface area contributed by atoms with Gasteiger partial charge in [-0.2, -0.15) is 5.10 Å². The quantitative estimate of drug-likeness (QED) is 0.584. The minimum atomic E-state index is 0.745. The van der Waals surface area contributed by atoms with E-state index in [9.17, 15) is 0 Å². The molecule has 2 aromatic heterocycles. The van der Waals surface area contributed by atoms with E-state index < -0.39 is 0 Å². The van der Waals surface area contributed by atoms with Crippen LogP contribution in [0, 0.1) is 13.8 Å². The third-order valence-corrected chi connectivity index (χ3v) is 3.62. The molecule has 3 rings (SSSR count).